The summed E-state index contributed by atoms with van der Waals surface area (Å²) in [6.07, 6.45) is 7.57. The molecule has 0 saturated carbocycles. The molecule has 3 aliphatic rings. The van der Waals surface area contributed by atoms with Crippen molar-refractivity contribution in [3.05, 3.63) is 89.1 Å². The zero-order valence-corrected chi connectivity index (χ0v) is 18.0. The van der Waals surface area contributed by atoms with Gasteiger partial charge in [0.15, 0.2) is 0 Å². The van der Waals surface area contributed by atoms with Gasteiger partial charge in [-0.25, -0.2) is 4.79 Å². The van der Waals surface area contributed by atoms with Crippen molar-refractivity contribution in [1.29, 1.82) is 0 Å². The molecule has 2 heterocycles. The third-order valence-electron chi connectivity index (χ3n) is 6.97. The van der Waals surface area contributed by atoms with Gasteiger partial charge in [0.05, 0.1) is 5.41 Å². The molecule has 158 valence electrons. The van der Waals surface area contributed by atoms with Gasteiger partial charge in [-0.1, -0.05) is 72.8 Å². The van der Waals surface area contributed by atoms with E-state index in [2.05, 4.69) is 24.3 Å². The number of amides is 3. The van der Waals surface area contributed by atoms with Crippen LogP contribution in [-0.2, 0) is 11.2 Å². The summed E-state index contributed by atoms with van der Waals surface area (Å²) in [5, 5.41) is 0. The molecule has 31 heavy (non-hydrogen) atoms. The van der Waals surface area contributed by atoms with E-state index in [-0.39, 0.29) is 11.9 Å². The largest absolute Gasteiger partial charge is 0.331 e. The number of allylic oxidation sites excluding steroid dienone is 1. The van der Waals surface area contributed by atoms with Crippen LogP contribution in [0.2, 0.25) is 0 Å². The quantitative estimate of drug-likeness (QED) is 0.670. The first-order chi connectivity index (χ1) is 15.1. The third-order valence-corrected chi connectivity index (χ3v) is 6.97. The molecule has 4 heteroatoms. The van der Waals surface area contributed by atoms with Gasteiger partial charge in [0.1, 0.15) is 0 Å². The Morgan fingerprint density at radius 2 is 1.74 bits per heavy atom. The maximum absolute atomic E-state index is 13.4. The second-order valence-corrected chi connectivity index (χ2v) is 9.17. The van der Waals surface area contributed by atoms with E-state index in [4.69, 9.17) is 0 Å². The van der Waals surface area contributed by atoms with Gasteiger partial charge in [-0.3, -0.25) is 14.6 Å². The van der Waals surface area contributed by atoms with E-state index < -0.39 is 5.41 Å². The molecule has 5 rings (SSSR count). The summed E-state index contributed by atoms with van der Waals surface area (Å²) < 4.78 is 0. The number of carbonyl (C=O) groups is 2. The van der Waals surface area contributed by atoms with Crippen LogP contribution in [-0.4, -0.2) is 34.8 Å². The molecule has 2 atom stereocenters. The van der Waals surface area contributed by atoms with Crippen LogP contribution in [0.1, 0.15) is 37.3 Å². The highest BCUT2D eigenvalue weighted by Gasteiger charge is 2.56. The van der Waals surface area contributed by atoms with Gasteiger partial charge in [-0.15, -0.1) is 0 Å². The lowest BCUT2D eigenvalue weighted by atomic mass is 9.80. The molecule has 2 aromatic rings. The lowest BCUT2D eigenvalue weighted by Crippen LogP contribution is -2.60. The number of hydrogen-bond donors (Lipinski definition) is 0. The molecule has 0 radical (unpaired) electrons. The van der Waals surface area contributed by atoms with Crippen LogP contribution in [0.5, 0.6) is 0 Å². The Morgan fingerprint density at radius 3 is 2.48 bits per heavy atom. The fraction of sp³-hybridized carbons (Fsp3) is 0.333. The first kappa shape index (κ1) is 19.8. The van der Waals surface area contributed by atoms with Crippen LogP contribution < -0.4 is 0 Å². The van der Waals surface area contributed by atoms with Crippen molar-refractivity contribution in [2.45, 2.75) is 32.6 Å². The van der Waals surface area contributed by atoms with E-state index in [1.165, 1.54) is 16.0 Å². The highest BCUT2D eigenvalue weighted by atomic mass is 16.2. The summed E-state index contributed by atoms with van der Waals surface area (Å²) in [7, 11) is 0. The average molecular weight is 413 g/mol. The standard InChI is InChI=1S/C27H28N2O2/c1-27-15-14-23-18-22(17-21-11-6-3-7-12-21)19-29(24(23)27)26(31)28(25(27)30)16-8-13-20-9-4-2-5-10-20/h2-13,22H,14-19H2,1H3/b13-8+/t22-,27-/m0/s1. The Bertz CT molecular complexity index is 1060. The van der Waals surface area contributed by atoms with Crippen LogP contribution in [0.3, 0.4) is 0 Å². The molecule has 1 saturated heterocycles. The van der Waals surface area contributed by atoms with Gasteiger partial charge >= 0.3 is 6.03 Å². The van der Waals surface area contributed by atoms with Gasteiger partial charge in [-0.2, -0.15) is 0 Å². The first-order valence-electron chi connectivity index (χ1n) is 11.2. The Hall–Kier alpha value is -3.14. The minimum atomic E-state index is -0.568. The molecule has 1 aliphatic carbocycles. The Balaban J connectivity index is 1.39. The van der Waals surface area contributed by atoms with Gasteiger partial charge < -0.3 is 0 Å². The van der Waals surface area contributed by atoms with Crippen LogP contribution in [0.25, 0.3) is 6.08 Å². The topological polar surface area (TPSA) is 40.6 Å². The van der Waals surface area contributed by atoms with Crippen LogP contribution in [0.15, 0.2) is 78.0 Å². The fourth-order valence-corrected chi connectivity index (χ4v) is 5.49. The molecule has 4 nitrogen and oxygen atoms in total. The van der Waals surface area contributed by atoms with Gasteiger partial charge in [-0.05, 0) is 55.2 Å². The van der Waals surface area contributed by atoms with E-state index >= 15 is 0 Å². The second kappa shape index (κ2) is 7.84. The highest BCUT2D eigenvalue weighted by Crippen LogP contribution is 2.52. The Morgan fingerprint density at radius 1 is 1.03 bits per heavy atom. The van der Waals surface area contributed by atoms with Crippen LogP contribution in [0.4, 0.5) is 4.79 Å². The molecule has 3 amide bonds. The van der Waals surface area contributed by atoms with Gasteiger partial charge in [0.2, 0.25) is 5.91 Å². The maximum Gasteiger partial charge on any atom is 0.331 e. The minimum absolute atomic E-state index is 0.0435. The third kappa shape index (κ3) is 3.50. The number of nitrogens with zero attached hydrogens (tertiary/aromatic N) is 2. The average Bonchev–Trinajstić information content (AvgIpc) is 3.14. The number of hydrogen-bond acceptors (Lipinski definition) is 2. The van der Waals surface area contributed by atoms with Crippen LogP contribution >= 0.6 is 0 Å². The van der Waals surface area contributed by atoms with E-state index in [0.29, 0.717) is 19.0 Å². The molecular weight excluding hydrogens is 384 g/mol. The van der Waals surface area contributed by atoms with Crippen molar-refractivity contribution in [2.75, 3.05) is 13.1 Å². The van der Waals surface area contributed by atoms with Crippen LogP contribution in [0, 0.1) is 11.3 Å². The summed E-state index contributed by atoms with van der Waals surface area (Å²) in [5.41, 5.74) is 4.13. The Kier molecular flexibility index (Phi) is 5.01. The van der Waals surface area contributed by atoms with Gasteiger partial charge in [0.25, 0.3) is 0 Å². The molecule has 0 unspecified atom stereocenters. The summed E-state index contributed by atoms with van der Waals surface area (Å²) in [5.74, 6) is 0.348. The minimum Gasteiger partial charge on any atom is -0.296 e. The summed E-state index contributed by atoms with van der Waals surface area (Å²) in [6, 6.07) is 20.3. The number of urea groups is 1. The van der Waals surface area contributed by atoms with E-state index in [1.54, 1.807) is 0 Å². The predicted octanol–water partition coefficient (Wildman–Crippen LogP) is 5.28. The first-order valence-corrected chi connectivity index (χ1v) is 11.2. The molecule has 0 bridgehead atoms. The van der Waals surface area contributed by atoms with Crippen molar-refractivity contribution < 1.29 is 9.59 Å². The molecule has 0 N–H and O–H groups in total. The molecular formula is C27H28N2O2. The van der Waals surface area contributed by atoms with Crippen molar-refractivity contribution in [3.8, 4) is 0 Å². The molecule has 0 spiro atoms. The monoisotopic (exact) mass is 412 g/mol. The predicted molar refractivity (Wildman–Crippen MR) is 122 cm³/mol. The highest BCUT2D eigenvalue weighted by molar-refractivity contribution is 6.03. The molecule has 1 fully saturated rings. The maximum atomic E-state index is 13.4. The smallest absolute Gasteiger partial charge is 0.296 e. The van der Waals surface area contributed by atoms with Gasteiger partial charge in [0, 0.05) is 18.8 Å². The summed E-state index contributed by atoms with van der Waals surface area (Å²) in [6.45, 7) is 3.03. The molecule has 2 aliphatic heterocycles. The number of rotatable bonds is 5. The van der Waals surface area contributed by atoms with E-state index in [1.807, 2.05) is 60.4 Å². The lowest BCUT2D eigenvalue weighted by Gasteiger charge is -2.47. The van der Waals surface area contributed by atoms with Crippen molar-refractivity contribution in [3.63, 3.8) is 0 Å². The Labute approximate surface area is 183 Å². The second-order valence-electron chi connectivity index (χ2n) is 9.17. The number of benzene rings is 2. The van der Waals surface area contributed by atoms with Crippen molar-refractivity contribution >= 4 is 18.0 Å². The summed E-state index contributed by atoms with van der Waals surface area (Å²) >= 11 is 0. The fourth-order valence-electron chi connectivity index (χ4n) is 5.49. The summed E-state index contributed by atoms with van der Waals surface area (Å²) in [4.78, 5) is 30.2. The van der Waals surface area contributed by atoms with Crippen molar-refractivity contribution in [1.82, 2.24) is 9.80 Å². The molecule has 0 aromatic heterocycles. The normalized spacial score (nSPS) is 25.5. The lowest BCUT2D eigenvalue weighted by molar-refractivity contribution is -0.139. The number of carbonyl (C=O) groups excluding carboxylic acids is 2. The number of imide groups is 1. The zero-order chi connectivity index (χ0) is 21.4. The van der Waals surface area contributed by atoms with E-state index in [9.17, 15) is 9.59 Å². The van der Waals surface area contributed by atoms with E-state index in [0.717, 1.165) is 36.9 Å². The molecule has 2 aromatic carbocycles. The SMILES string of the molecule is C[C@]12CCC3=C1N(C[C@@H](Cc1ccccc1)C3)C(=O)N(C/C=C/c1ccccc1)C2=O. The zero-order valence-electron chi connectivity index (χ0n) is 18.0. The van der Waals surface area contributed by atoms with Crippen molar-refractivity contribution in [2.24, 2.45) is 11.3 Å².